The second-order valence-electron chi connectivity index (χ2n) is 7.85. The minimum absolute atomic E-state index is 0.135. The lowest BCUT2D eigenvalue weighted by molar-refractivity contribution is -0.189. The lowest BCUT2D eigenvalue weighted by atomic mass is 10.0. The highest BCUT2D eigenvalue weighted by atomic mass is 19.4. The van der Waals surface area contributed by atoms with E-state index in [0.717, 1.165) is 0 Å². The van der Waals surface area contributed by atoms with Crippen LogP contribution in [0.25, 0.3) is 0 Å². The predicted octanol–water partition coefficient (Wildman–Crippen LogP) is 2.30. The minimum atomic E-state index is -5.07. The van der Waals surface area contributed by atoms with Gasteiger partial charge in [0.25, 0.3) is 0 Å². The summed E-state index contributed by atoms with van der Waals surface area (Å²) in [6, 6.07) is -1.04. The SMILES string of the molecule is CC(C)NC(=O)CN(C(=O)C(F)(F)F)C1CCN(C(=O)OC(C)(C)C)CC1. The third kappa shape index (κ3) is 7.64. The van der Waals surface area contributed by atoms with Gasteiger partial charge in [-0.05, 0) is 47.5 Å². The Bertz CT molecular complexity index is 551. The number of ether oxygens (including phenoxy) is 1. The maximum atomic E-state index is 13.0. The second kappa shape index (κ2) is 8.79. The zero-order chi connectivity index (χ0) is 21.0. The highest BCUT2D eigenvalue weighted by molar-refractivity contribution is 5.88. The number of carbonyl (C=O) groups is 3. The number of carbonyl (C=O) groups excluding carboxylic acids is 3. The largest absolute Gasteiger partial charge is 0.471 e. The Morgan fingerprint density at radius 2 is 1.67 bits per heavy atom. The molecule has 0 aromatic heterocycles. The van der Waals surface area contributed by atoms with Crippen molar-refractivity contribution in [2.75, 3.05) is 19.6 Å². The van der Waals surface area contributed by atoms with Crippen molar-refractivity contribution in [2.45, 2.75) is 71.3 Å². The summed E-state index contributed by atoms with van der Waals surface area (Å²) in [5.41, 5.74) is -0.679. The van der Waals surface area contributed by atoms with Crippen molar-refractivity contribution in [3.05, 3.63) is 0 Å². The van der Waals surface area contributed by atoms with Crippen molar-refractivity contribution < 1.29 is 32.3 Å². The third-order valence-electron chi connectivity index (χ3n) is 3.82. The van der Waals surface area contributed by atoms with Crippen LogP contribution >= 0.6 is 0 Å². The van der Waals surface area contributed by atoms with Gasteiger partial charge in [0.2, 0.25) is 5.91 Å². The van der Waals surface area contributed by atoms with Crippen LogP contribution < -0.4 is 5.32 Å². The number of nitrogens with zero attached hydrogens (tertiary/aromatic N) is 2. The van der Waals surface area contributed by atoms with E-state index in [4.69, 9.17) is 4.74 Å². The topological polar surface area (TPSA) is 79.0 Å². The van der Waals surface area contributed by atoms with Gasteiger partial charge in [-0.25, -0.2) is 4.79 Å². The van der Waals surface area contributed by atoms with Crippen molar-refractivity contribution >= 4 is 17.9 Å². The van der Waals surface area contributed by atoms with Gasteiger partial charge in [0.05, 0.1) is 0 Å². The summed E-state index contributed by atoms with van der Waals surface area (Å²) in [7, 11) is 0. The van der Waals surface area contributed by atoms with Crippen molar-refractivity contribution in [1.29, 1.82) is 0 Å². The van der Waals surface area contributed by atoms with Crippen LogP contribution in [0.1, 0.15) is 47.5 Å². The molecule has 1 aliphatic heterocycles. The molecule has 3 amide bonds. The summed E-state index contributed by atoms with van der Waals surface area (Å²) in [6.45, 7) is 8.12. The number of hydrogen-bond acceptors (Lipinski definition) is 4. The van der Waals surface area contributed by atoms with Crippen molar-refractivity contribution in [3.8, 4) is 0 Å². The average molecular weight is 395 g/mol. The molecule has 0 aliphatic carbocycles. The van der Waals surface area contributed by atoms with Gasteiger partial charge in [0.15, 0.2) is 0 Å². The quantitative estimate of drug-likeness (QED) is 0.792. The Balaban J connectivity index is 2.79. The van der Waals surface area contributed by atoms with Crippen LogP contribution in [0, 0.1) is 0 Å². The van der Waals surface area contributed by atoms with E-state index in [1.165, 1.54) is 4.90 Å². The molecule has 0 bridgehead atoms. The zero-order valence-corrected chi connectivity index (χ0v) is 16.4. The van der Waals surface area contributed by atoms with Gasteiger partial charge < -0.3 is 19.9 Å². The van der Waals surface area contributed by atoms with Gasteiger partial charge in [-0.15, -0.1) is 0 Å². The van der Waals surface area contributed by atoms with Gasteiger partial charge in [0.1, 0.15) is 12.1 Å². The molecule has 1 fully saturated rings. The van der Waals surface area contributed by atoms with Crippen molar-refractivity contribution in [2.24, 2.45) is 0 Å². The summed E-state index contributed by atoms with van der Waals surface area (Å²) in [4.78, 5) is 37.7. The Hall–Kier alpha value is -2.00. The summed E-state index contributed by atoms with van der Waals surface area (Å²) >= 11 is 0. The van der Waals surface area contributed by atoms with Crippen LogP contribution in [0.2, 0.25) is 0 Å². The van der Waals surface area contributed by atoms with Gasteiger partial charge in [-0.3, -0.25) is 9.59 Å². The molecule has 7 nitrogen and oxygen atoms in total. The number of halogens is 3. The first-order valence-corrected chi connectivity index (χ1v) is 8.86. The number of nitrogens with one attached hydrogen (secondary N) is 1. The normalized spacial score (nSPS) is 16.3. The molecule has 1 N–H and O–H groups in total. The fourth-order valence-corrected chi connectivity index (χ4v) is 2.74. The van der Waals surface area contributed by atoms with Crippen LogP contribution in [0.15, 0.2) is 0 Å². The summed E-state index contributed by atoms with van der Waals surface area (Å²) in [5, 5.41) is 2.49. The van der Waals surface area contributed by atoms with Gasteiger partial charge in [-0.1, -0.05) is 0 Å². The number of hydrogen-bond donors (Lipinski definition) is 1. The summed E-state index contributed by atoms with van der Waals surface area (Å²) in [5.74, 6) is -2.70. The third-order valence-corrected chi connectivity index (χ3v) is 3.82. The van der Waals surface area contributed by atoms with E-state index in [2.05, 4.69) is 5.32 Å². The molecule has 1 rings (SSSR count). The van der Waals surface area contributed by atoms with Crippen LogP contribution in [-0.2, 0) is 14.3 Å². The molecular formula is C17H28F3N3O4. The number of likely N-dealkylation sites (tertiary alicyclic amines) is 1. The minimum Gasteiger partial charge on any atom is -0.444 e. The molecular weight excluding hydrogens is 367 g/mol. The van der Waals surface area contributed by atoms with E-state index >= 15 is 0 Å². The second-order valence-corrected chi connectivity index (χ2v) is 7.85. The zero-order valence-electron chi connectivity index (χ0n) is 16.4. The maximum absolute atomic E-state index is 13.0. The Morgan fingerprint density at radius 1 is 1.15 bits per heavy atom. The maximum Gasteiger partial charge on any atom is 0.471 e. The molecule has 1 aliphatic rings. The van der Waals surface area contributed by atoms with Gasteiger partial charge in [-0.2, -0.15) is 13.2 Å². The fraction of sp³-hybridized carbons (Fsp3) is 0.824. The lowest BCUT2D eigenvalue weighted by Gasteiger charge is -2.38. The van der Waals surface area contributed by atoms with E-state index in [1.54, 1.807) is 34.6 Å². The molecule has 1 heterocycles. The number of piperidine rings is 1. The Morgan fingerprint density at radius 3 is 2.07 bits per heavy atom. The molecule has 0 aromatic carbocycles. The van der Waals surface area contributed by atoms with Crippen LogP contribution in [0.3, 0.4) is 0 Å². The number of rotatable bonds is 4. The fourth-order valence-electron chi connectivity index (χ4n) is 2.74. The van der Waals surface area contributed by atoms with Gasteiger partial charge >= 0.3 is 18.2 Å². The van der Waals surface area contributed by atoms with Crippen molar-refractivity contribution in [1.82, 2.24) is 15.1 Å². The predicted molar refractivity (Wildman–Crippen MR) is 91.9 cm³/mol. The molecule has 0 unspecified atom stereocenters. The first-order chi connectivity index (χ1) is 12.2. The van der Waals surface area contributed by atoms with E-state index < -0.39 is 42.3 Å². The van der Waals surface area contributed by atoms with Crippen LogP contribution in [-0.4, -0.2) is 71.2 Å². The monoisotopic (exact) mass is 395 g/mol. The van der Waals surface area contributed by atoms with E-state index in [1.807, 2.05) is 0 Å². The highest BCUT2D eigenvalue weighted by Crippen LogP contribution is 2.25. The lowest BCUT2D eigenvalue weighted by Crippen LogP contribution is -2.55. The smallest absolute Gasteiger partial charge is 0.444 e. The highest BCUT2D eigenvalue weighted by Gasteiger charge is 2.46. The Labute approximate surface area is 157 Å². The molecule has 1 saturated heterocycles. The summed E-state index contributed by atoms with van der Waals surface area (Å²) in [6.07, 6.45) is -5.35. The van der Waals surface area contributed by atoms with E-state index in [-0.39, 0.29) is 32.0 Å². The molecule has 0 aromatic rings. The average Bonchev–Trinajstić information content (AvgIpc) is 2.49. The molecule has 0 saturated carbocycles. The van der Waals surface area contributed by atoms with Gasteiger partial charge in [0, 0.05) is 25.2 Å². The van der Waals surface area contributed by atoms with Crippen LogP contribution in [0.5, 0.6) is 0 Å². The van der Waals surface area contributed by atoms with Crippen LogP contribution in [0.4, 0.5) is 18.0 Å². The van der Waals surface area contributed by atoms with Crippen molar-refractivity contribution in [3.63, 3.8) is 0 Å². The molecule has 0 atom stereocenters. The Kier molecular flexibility index (Phi) is 7.50. The molecule has 0 radical (unpaired) electrons. The molecule has 27 heavy (non-hydrogen) atoms. The molecule has 10 heteroatoms. The molecule has 156 valence electrons. The van der Waals surface area contributed by atoms with E-state index in [0.29, 0.717) is 4.90 Å². The molecule has 0 spiro atoms. The summed E-state index contributed by atoms with van der Waals surface area (Å²) < 4.78 is 44.1. The first kappa shape index (κ1) is 23.0. The number of alkyl halides is 3. The first-order valence-electron chi connectivity index (χ1n) is 8.86. The standard InChI is InChI=1S/C17H28F3N3O4/c1-11(2)21-13(24)10-23(14(25)17(18,19)20)12-6-8-22(9-7-12)15(26)27-16(3,4)5/h11-12H,6-10H2,1-5H3,(H,21,24). The number of amides is 3. The van der Waals surface area contributed by atoms with E-state index in [9.17, 15) is 27.6 Å².